The van der Waals surface area contributed by atoms with E-state index in [0.717, 1.165) is 12.8 Å². The van der Waals surface area contributed by atoms with E-state index in [4.69, 9.17) is 11.6 Å². The number of hydrogen-bond acceptors (Lipinski definition) is 4. The number of nitrogens with one attached hydrogen (secondary N) is 1. The summed E-state index contributed by atoms with van der Waals surface area (Å²) in [5, 5.41) is 3.20. The highest BCUT2D eigenvalue weighted by atomic mass is 35.5. The molecule has 1 N–H and O–H groups in total. The minimum Gasteiger partial charge on any atom is -0.353 e. The second-order valence-electron chi connectivity index (χ2n) is 6.37. The smallest absolute Gasteiger partial charge is 0.244 e. The van der Waals surface area contributed by atoms with Gasteiger partial charge < -0.3 is 5.32 Å². The Balaban J connectivity index is 1.89. The molecule has 0 radical (unpaired) electrons. The lowest BCUT2D eigenvalue weighted by Gasteiger charge is -2.33. The molecule has 1 aromatic rings. The molecule has 1 saturated heterocycles. The fourth-order valence-electron chi connectivity index (χ4n) is 2.95. The molecule has 1 aliphatic heterocycles. The van der Waals surface area contributed by atoms with Gasteiger partial charge in [0.2, 0.25) is 15.9 Å². The first-order valence-corrected chi connectivity index (χ1v) is 10.4. The Bertz CT molecular complexity index is 688. The molecule has 0 bridgehead atoms. The summed E-state index contributed by atoms with van der Waals surface area (Å²) >= 11 is 6.03. The fraction of sp³-hybridized carbons (Fsp3) is 0.588. The van der Waals surface area contributed by atoms with E-state index in [9.17, 15) is 13.2 Å². The number of rotatable bonds is 7. The van der Waals surface area contributed by atoms with Gasteiger partial charge >= 0.3 is 0 Å². The molecule has 1 aromatic carbocycles. The van der Waals surface area contributed by atoms with Gasteiger partial charge in [-0.1, -0.05) is 37.1 Å². The zero-order valence-corrected chi connectivity index (χ0v) is 16.3. The molecule has 0 unspecified atom stereocenters. The third-order valence-electron chi connectivity index (χ3n) is 4.28. The van der Waals surface area contributed by atoms with Gasteiger partial charge in [0.05, 0.1) is 11.6 Å². The Kier molecular flexibility index (Phi) is 7.25. The molecular weight excluding hydrogens is 362 g/mol. The van der Waals surface area contributed by atoms with Crippen LogP contribution in [0.4, 0.5) is 0 Å². The monoisotopic (exact) mass is 387 g/mol. The average Bonchev–Trinajstić information content (AvgIpc) is 2.55. The van der Waals surface area contributed by atoms with Crippen LogP contribution in [-0.2, 0) is 14.8 Å². The number of halogens is 1. The molecule has 0 aliphatic carbocycles. The van der Waals surface area contributed by atoms with Crippen molar-refractivity contribution < 1.29 is 13.2 Å². The standard InChI is InChI=1S/C17H26ClN3O3S/c1-3-6-14(2)19-17(22)13-20-9-11-21(12-10-20)25(23,24)16-8-5-4-7-15(16)18/h4-5,7-8,14H,3,6,9-13H2,1-2H3,(H,19,22)/t14-/m1/s1. The minimum absolute atomic E-state index is 0.0108. The van der Waals surface area contributed by atoms with Crippen molar-refractivity contribution in [2.45, 2.75) is 37.6 Å². The molecule has 25 heavy (non-hydrogen) atoms. The maximum atomic E-state index is 12.7. The lowest BCUT2D eigenvalue weighted by molar-refractivity contribution is -0.123. The number of hydrogen-bond donors (Lipinski definition) is 1. The molecule has 140 valence electrons. The number of nitrogens with zero attached hydrogens (tertiary/aromatic N) is 2. The molecule has 1 fully saturated rings. The molecule has 0 aromatic heterocycles. The van der Waals surface area contributed by atoms with E-state index in [0.29, 0.717) is 32.7 Å². The Morgan fingerprint density at radius 3 is 2.48 bits per heavy atom. The zero-order valence-electron chi connectivity index (χ0n) is 14.7. The lowest BCUT2D eigenvalue weighted by Crippen LogP contribution is -2.51. The SMILES string of the molecule is CCC[C@@H](C)NC(=O)CN1CCN(S(=O)(=O)c2ccccc2Cl)CC1. The van der Waals surface area contributed by atoms with Gasteiger partial charge in [0.1, 0.15) is 4.90 Å². The van der Waals surface area contributed by atoms with E-state index >= 15 is 0 Å². The van der Waals surface area contributed by atoms with E-state index in [1.807, 2.05) is 11.8 Å². The summed E-state index contributed by atoms with van der Waals surface area (Å²) in [5.41, 5.74) is 0. The van der Waals surface area contributed by atoms with Crippen LogP contribution < -0.4 is 5.32 Å². The van der Waals surface area contributed by atoms with Gasteiger partial charge in [-0.3, -0.25) is 9.69 Å². The zero-order chi connectivity index (χ0) is 18.4. The lowest BCUT2D eigenvalue weighted by atomic mass is 10.2. The van der Waals surface area contributed by atoms with Gasteiger partial charge in [-0.25, -0.2) is 8.42 Å². The van der Waals surface area contributed by atoms with Crippen molar-refractivity contribution in [3.8, 4) is 0 Å². The van der Waals surface area contributed by atoms with Crippen LogP contribution in [-0.4, -0.2) is 62.3 Å². The molecule has 0 spiro atoms. The topological polar surface area (TPSA) is 69.7 Å². The summed E-state index contributed by atoms with van der Waals surface area (Å²) in [4.78, 5) is 14.2. The second-order valence-corrected chi connectivity index (χ2v) is 8.68. The number of piperazine rings is 1. The third-order valence-corrected chi connectivity index (χ3v) is 6.68. The van der Waals surface area contributed by atoms with E-state index in [2.05, 4.69) is 12.2 Å². The molecule has 0 saturated carbocycles. The molecule has 1 atom stereocenters. The van der Waals surface area contributed by atoms with Crippen LogP contribution in [0.1, 0.15) is 26.7 Å². The third kappa shape index (κ3) is 5.41. The Morgan fingerprint density at radius 2 is 1.88 bits per heavy atom. The number of sulfonamides is 1. The number of benzene rings is 1. The van der Waals surface area contributed by atoms with E-state index in [-0.39, 0.29) is 21.9 Å². The van der Waals surface area contributed by atoms with Gasteiger partial charge in [0, 0.05) is 32.2 Å². The van der Waals surface area contributed by atoms with Gasteiger partial charge in [-0.2, -0.15) is 4.31 Å². The predicted octanol–water partition coefficient (Wildman–Crippen LogP) is 1.95. The first kappa shape index (κ1) is 20.2. The Hall–Kier alpha value is -1.15. The summed E-state index contributed by atoms with van der Waals surface area (Å²) in [7, 11) is -3.60. The van der Waals surface area contributed by atoms with Crippen LogP contribution in [0.5, 0.6) is 0 Å². The maximum absolute atomic E-state index is 12.7. The largest absolute Gasteiger partial charge is 0.353 e. The van der Waals surface area contributed by atoms with Gasteiger partial charge in [-0.15, -0.1) is 0 Å². The highest BCUT2D eigenvalue weighted by Gasteiger charge is 2.30. The van der Waals surface area contributed by atoms with Crippen molar-refractivity contribution in [2.24, 2.45) is 0 Å². The van der Waals surface area contributed by atoms with Crippen LogP contribution in [0.15, 0.2) is 29.2 Å². The van der Waals surface area contributed by atoms with E-state index < -0.39 is 10.0 Å². The van der Waals surface area contributed by atoms with Crippen molar-refractivity contribution in [2.75, 3.05) is 32.7 Å². The highest BCUT2D eigenvalue weighted by Crippen LogP contribution is 2.24. The summed E-state index contributed by atoms with van der Waals surface area (Å²) in [6.45, 7) is 6.14. The van der Waals surface area contributed by atoms with Crippen molar-refractivity contribution in [3.63, 3.8) is 0 Å². The first-order chi connectivity index (χ1) is 11.8. The van der Waals surface area contributed by atoms with Gasteiger partial charge in [0.15, 0.2) is 0 Å². The van der Waals surface area contributed by atoms with E-state index in [1.54, 1.807) is 18.2 Å². The number of amides is 1. The summed E-state index contributed by atoms with van der Waals surface area (Å²) in [6, 6.07) is 6.63. The van der Waals surface area contributed by atoms with Crippen molar-refractivity contribution in [1.29, 1.82) is 0 Å². The number of carbonyl (C=O) groups excluding carboxylic acids is 1. The molecule has 1 aliphatic rings. The fourth-order valence-corrected chi connectivity index (χ4v) is 4.87. The van der Waals surface area contributed by atoms with Crippen LogP contribution in [0.25, 0.3) is 0 Å². The molecule has 1 heterocycles. The number of carbonyl (C=O) groups is 1. The van der Waals surface area contributed by atoms with Crippen LogP contribution in [0.3, 0.4) is 0 Å². The maximum Gasteiger partial charge on any atom is 0.244 e. The molecular formula is C17H26ClN3O3S. The van der Waals surface area contributed by atoms with Crippen LogP contribution in [0, 0.1) is 0 Å². The Morgan fingerprint density at radius 1 is 1.24 bits per heavy atom. The average molecular weight is 388 g/mol. The van der Waals surface area contributed by atoms with Crippen LogP contribution >= 0.6 is 11.6 Å². The normalized spacial score (nSPS) is 18.0. The van der Waals surface area contributed by atoms with Crippen molar-refractivity contribution in [3.05, 3.63) is 29.3 Å². The quantitative estimate of drug-likeness (QED) is 0.776. The predicted molar refractivity (Wildman–Crippen MR) is 99.2 cm³/mol. The van der Waals surface area contributed by atoms with Crippen molar-refractivity contribution >= 4 is 27.5 Å². The van der Waals surface area contributed by atoms with E-state index in [1.165, 1.54) is 10.4 Å². The van der Waals surface area contributed by atoms with Crippen LogP contribution in [0.2, 0.25) is 5.02 Å². The summed E-state index contributed by atoms with van der Waals surface area (Å²) < 4.78 is 26.8. The van der Waals surface area contributed by atoms with Gasteiger partial charge in [0.25, 0.3) is 0 Å². The molecule has 6 nitrogen and oxygen atoms in total. The van der Waals surface area contributed by atoms with Crippen molar-refractivity contribution in [1.82, 2.24) is 14.5 Å². The summed E-state index contributed by atoms with van der Waals surface area (Å²) in [6.07, 6.45) is 1.98. The van der Waals surface area contributed by atoms with Gasteiger partial charge in [-0.05, 0) is 25.5 Å². The summed E-state index contributed by atoms with van der Waals surface area (Å²) in [5.74, 6) is -0.0108. The first-order valence-electron chi connectivity index (χ1n) is 8.61. The Labute approximate surface area is 155 Å². The molecule has 2 rings (SSSR count). The highest BCUT2D eigenvalue weighted by molar-refractivity contribution is 7.89. The molecule has 8 heteroatoms. The second kappa shape index (κ2) is 8.98. The molecule has 1 amide bonds. The minimum atomic E-state index is -3.60.